The standard InChI is InChI=1S/C28H26Cl2N2O4S/c29-13-15-31-25(33)17-35-23-11-9-19-5-1-3-7-21(19)27(23)37-28-22-8-4-2-6-20(22)10-12-24(28)36-18-26(34)32-16-14-30/h1-12H,13-18H2,(H,31,33)(H,32,34). The maximum Gasteiger partial charge on any atom is 0.257 e. The van der Waals surface area contributed by atoms with Crippen molar-refractivity contribution in [2.75, 3.05) is 38.1 Å². The number of amides is 2. The van der Waals surface area contributed by atoms with Gasteiger partial charge >= 0.3 is 0 Å². The first kappa shape index (κ1) is 26.9. The molecule has 0 aliphatic carbocycles. The lowest BCUT2D eigenvalue weighted by Crippen LogP contribution is -2.30. The number of hydrogen-bond donors (Lipinski definition) is 2. The number of carbonyl (C=O) groups is 2. The second-order valence-corrected chi connectivity index (χ2v) is 9.76. The summed E-state index contributed by atoms with van der Waals surface area (Å²) >= 11 is 12.8. The molecule has 0 spiro atoms. The van der Waals surface area contributed by atoms with Crippen molar-refractivity contribution in [3.8, 4) is 11.5 Å². The number of carbonyl (C=O) groups excluding carboxylic acids is 2. The number of ether oxygens (including phenoxy) is 2. The Hall–Kier alpha value is -3.13. The van der Waals surface area contributed by atoms with Gasteiger partial charge in [0.15, 0.2) is 13.2 Å². The number of alkyl halides is 2. The Bertz CT molecular complexity index is 1290. The normalized spacial score (nSPS) is 10.9. The number of fused-ring (bicyclic) bond motifs is 2. The fourth-order valence-electron chi connectivity index (χ4n) is 3.75. The topological polar surface area (TPSA) is 76.7 Å². The molecular weight excluding hydrogens is 531 g/mol. The van der Waals surface area contributed by atoms with Gasteiger partial charge in [-0.3, -0.25) is 9.59 Å². The first-order valence-electron chi connectivity index (χ1n) is 11.7. The molecule has 2 amide bonds. The Morgan fingerprint density at radius 3 is 1.51 bits per heavy atom. The van der Waals surface area contributed by atoms with Crippen molar-refractivity contribution in [1.82, 2.24) is 10.6 Å². The molecule has 9 heteroatoms. The molecule has 0 saturated carbocycles. The predicted molar refractivity (Wildman–Crippen MR) is 150 cm³/mol. The number of benzene rings is 4. The second-order valence-electron chi connectivity index (χ2n) is 7.99. The molecule has 0 fully saturated rings. The van der Waals surface area contributed by atoms with Crippen LogP contribution in [0.4, 0.5) is 0 Å². The maximum absolute atomic E-state index is 12.2. The number of halogens is 2. The highest BCUT2D eigenvalue weighted by Gasteiger charge is 2.18. The van der Waals surface area contributed by atoms with Crippen LogP contribution >= 0.6 is 35.0 Å². The molecule has 0 radical (unpaired) electrons. The third-order valence-corrected chi connectivity index (χ3v) is 7.07. The van der Waals surface area contributed by atoms with Gasteiger partial charge in [0.2, 0.25) is 0 Å². The zero-order valence-corrected chi connectivity index (χ0v) is 22.3. The molecule has 0 saturated heterocycles. The summed E-state index contributed by atoms with van der Waals surface area (Å²) in [6.45, 7) is 0.474. The lowest BCUT2D eigenvalue weighted by molar-refractivity contribution is -0.123. The van der Waals surface area contributed by atoms with E-state index in [0.717, 1.165) is 31.3 Å². The molecule has 37 heavy (non-hydrogen) atoms. The van der Waals surface area contributed by atoms with Crippen molar-refractivity contribution in [3.05, 3.63) is 72.8 Å². The Morgan fingerprint density at radius 2 is 1.08 bits per heavy atom. The molecule has 192 valence electrons. The second kappa shape index (κ2) is 13.4. The summed E-state index contributed by atoms with van der Waals surface area (Å²) in [6, 6.07) is 23.6. The first-order chi connectivity index (χ1) is 18.1. The smallest absolute Gasteiger partial charge is 0.257 e. The van der Waals surface area contributed by atoms with Crippen molar-refractivity contribution >= 4 is 68.3 Å². The number of nitrogens with one attached hydrogen (secondary N) is 2. The van der Waals surface area contributed by atoms with E-state index in [-0.39, 0.29) is 25.0 Å². The predicted octanol–water partition coefficient (Wildman–Crippen LogP) is 5.61. The van der Waals surface area contributed by atoms with Gasteiger partial charge < -0.3 is 20.1 Å². The van der Waals surface area contributed by atoms with Crippen LogP contribution < -0.4 is 20.1 Å². The lowest BCUT2D eigenvalue weighted by atomic mass is 10.1. The monoisotopic (exact) mass is 556 g/mol. The summed E-state index contributed by atoms with van der Waals surface area (Å²) in [6.07, 6.45) is 0. The van der Waals surface area contributed by atoms with Crippen molar-refractivity contribution in [3.63, 3.8) is 0 Å². The minimum absolute atomic E-state index is 0.136. The zero-order valence-electron chi connectivity index (χ0n) is 20.0. The van der Waals surface area contributed by atoms with E-state index in [1.54, 1.807) is 0 Å². The van der Waals surface area contributed by atoms with Crippen molar-refractivity contribution in [2.45, 2.75) is 9.79 Å². The molecular formula is C28H26Cl2N2O4S. The minimum Gasteiger partial charge on any atom is -0.483 e. The minimum atomic E-state index is -0.248. The highest BCUT2D eigenvalue weighted by Crippen LogP contribution is 2.46. The first-order valence-corrected chi connectivity index (χ1v) is 13.6. The van der Waals surface area contributed by atoms with Crippen molar-refractivity contribution < 1.29 is 19.1 Å². The molecule has 6 nitrogen and oxygen atoms in total. The fourth-order valence-corrected chi connectivity index (χ4v) is 5.19. The molecule has 4 rings (SSSR count). The van der Waals surface area contributed by atoms with Gasteiger partial charge in [0.25, 0.3) is 11.8 Å². The van der Waals surface area contributed by atoms with Crippen molar-refractivity contribution in [2.24, 2.45) is 0 Å². The van der Waals surface area contributed by atoms with Gasteiger partial charge in [0.1, 0.15) is 11.5 Å². The van der Waals surface area contributed by atoms with Gasteiger partial charge in [0, 0.05) is 24.8 Å². The largest absolute Gasteiger partial charge is 0.483 e. The molecule has 0 heterocycles. The van der Waals surface area contributed by atoms with E-state index in [9.17, 15) is 9.59 Å². The van der Waals surface area contributed by atoms with E-state index in [4.69, 9.17) is 32.7 Å². The van der Waals surface area contributed by atoms with Gasteiger partial charge in [-0.15, -0.1) is 23.2 Å². The third-order valence-electron chi connectivity index (χ3n) is 5.44. The molecule has 2 N–H and O–H groups in total. The van der Waals surface area contributed by atoms with Gasteiger partial charge in [-0.1, -0.05) is 72.4 Å². The van der Waals surface area contributed by atoms with Crippen LogP contribution in [-0.2, 0) is 9.59 Å². The van der Waals surface area contributed by atoms with E-state index in [2.05, 4.69) is 10.6 Å². The molecule has 0 aromatic heterocycles. The van der Waals surface area contributed by atoms with Crippen LogP contribution in [0.15, 0.2) is 82.6 Å². The van der Waals surface area contributed by atoms with Crippen LogP contribution in [0.25, 0.3) is 21.5 Å². The molecule has 4 aromatic rings. The van der Waals surface area contributed by atoms with Crippen LogP contribution in [0.2, 0.25) is 0 Å². The molecule has 4 aromatic carbocycles. The Balaban J connectivity index is 1.72. The van der Waals surface area contributed by atoms with Crippen LogP contribution in [0.3, 0.4) is 0 Å². The van der Waals surface area contributed by atoms with Crippen LogP contribution in [0.5, 0.6) is 11.5 Å². The summed E-state index contributed by atoms with van der Waals surface area (Å²) < 4.78 is 12.0. The summed E-state index contributed by atoms with van der Waals surface area (Å²) in [5.74, 6) is 1.31. The van der Waals surface area contributed by atoms with Gasteiger partial charge in [-0.25, -0.2) is 0 Å². The Morgan fingerprint density at radius 1 is 0.649 bits per heavy atom. The average molecular weight is 557 g/mol. The molecule has 0 aliphatic rings. The van der Waals surface area contributed by atoms with Crippen molar-refractivity contribution in [1.29, 1.82) is 0 Å². The SMILES string of the molecule is O=C(COc1ccc2ccccc2c1Sc1c(OCC(=O)NCCCl)ccc2ccccc12)NCCCl. The molecule has 0 aliphatic heterocycles. The van der Waals surface area contributed by atoms with Gasteiger partial charge in [-0.05, 0) is 33.7 Å². The van der Waals surface area contributed by atoms with E-state index in [1.165, 1.54) is 11.8 Å². The van der Waals surface area contributed by atoms with Gasteiger partial charge in [-0.2, -0.15) is 0 Å². The highest BCUT2D eigenvalue weighted by molar-refractivity contribution is 8.00. The molecule has 0 unspecified atom stereocenters. The lowest BCUT2D eigenvalue weighted by Gasteiger charge is -2.17. The maximum atomic E-state index is 12.2. The average Bonchev–Trinajstić information content (AvgIpc) is 2.93. The molecule has 0 atom stereocenters. The zero-order chi connectivity index (χ0) is 26.0. The van der Waals surface area contributed by atoms with E-state index in [0.29, 0.717) is 36.3 Å². The van der Waals surface area contributed by atoms with Gasteiger partial charge in [0.05, 0.1) is 9.79 Å². The fraction of sp³-hybridized carbons (Fsp3) is 0.214. The van der Waals surface area contributed by atoms with Crippen LogP contribution in [0.1, 0.15) is 0 Å². The quantitative estimate of drug-likeness (QED) is 0.222. The summed E-state index contributed by atoms with van der Waals surface area (Å²) in [5.41, 5.74) is 0. The summed E-state index contributed by atoms with van der Waals surface area (Å²) in [7, 11) is 0. The Labute approximate surface area is 229 Å². The van der Waals surface area contributed by atoms with E-state index in [1.807, 2.05) is 72.8 Å². The number of hydrogen-bond acceptors (Lipinski definition) is 5. The summed E-state index contributed by atoms with van der Waals surface area (Å²) in [4.78, 5) is 26.1. The van der Waals surface area contributed by atoms with Crippen LogP contribution in [0, 0.1) is 0 Å². The third kappa shape index (κ3) is 7.01. The Kier molecular flexibility index (Phi) is 9.77. The highest BCUT2D eigenvalue weighted by atomic mass is 35.5. The summed E-state index contributed by atoms with van der Waals surface area (Å²) in [5, 5.41) is 9.45. The van der Waals surface area contributed by atoms with Crippen LogP contribution in [-0.4, -0.2) is 49.9 Å². The number of rotatable bonds is 12. The molecule has 0 bridgehead atoms. The van der Waals surface area contributed by atoms with E-state index >= 15 is 0 Å². The van der Waals surface area contributed by atoms with E-state index < -0.39 is 0 Å².